The van der Waals surface area contributed by atoms with E-state index < -0.39 is 0 Å². The molecule has 7 nitrogen and oxygen atoms in total. The van der Waals surface area contributed by atoms with Crippen molar-refractivity contribution in [1.29, 1.82) is 0 Å². The Kier molecular flexibility index (Phi) is 8.36. The normalized spacial score (nSPS) is 11.2. The molecule has 0 aliphatic rings. The zero-order valence-corrected chi connectivity index (χ0v) is 21.9. The molecule has 0 saturated carbocycles. The molecule has 0 saturated heterocycles. The van der Waals surface area contributed by atoms with Crippen LogP contribution in [-0.4, -0.2) is 35.2 Å². The zero-order valence-electron chi connectivity index (χ0n) is 21.9. The molecule has 7 heteroatoms. The van der Waals surface area contributed by atoms with Gasteiger partial charge in [0.1, 0.15) is 18.1 Å². The number of fused-ring (bicyclic) bond motifs is 1. The summed E-state index contributed by atoms with van der Waals surface area (Å²) in [6, 6.07) is 21.3. The molecule has 0 radical (unpaired) electrons. The first kappa shape index (κ1) is 26.1. The first-order chi connectivity index (χ1) is 17.9. The number of hydrogen-bond acceptors (Lipinski definition) is 5. The molecule has 1 aromatic heterocycles. The monoisotopic (exact) mass is 498 g/mol. The minimum absolute atomic E-state index is 0.0393. The van der Waals surface area contributed by atoms with Crippen LogP contribution >= 0.6 is 0 Å². The van der Waals surface area contributed by atoms with Gasteiger partial charge in [-0.15, -0.1) is 0 Å². The number of rotatable bonds is 10. The smallest absolute Gasteiger partial charge is 0.262 e. The molecule has 192 valence electrons. The second kappa shape index (κ2) is 11.8. The molecule has 37 heavy (non-hydrogen) atoms. The van der Waals surface area contributed by atoms with Crippen LogP contribution in [-0.2, 0) is 17.9 Å². The van der Waals surface area contributed by atoms with Crippen molar-refractivity contribution >= 4 is 16.8 Å². The SMILES string of the molecule is CCCNCc1cccc(-c2ccc3nc(-c4cccc(OC)c4)n(CC(=O)NC(C)C)c(=O)c3c2)c1. The first-order valence-corrected chi connectivity index (χ1v) is 12.7. The Morgan fingerprint density at radius 3 is 2.51 bits per heavy atom. The van der Waals surface area contributed by atoms with E-state index >= 15 is 0 Å². The Morgan fingerprint density at radius 2 is 1.76 bits per heavy atom. The predicted molar refractivity (Wildman–Crippen MR) is 149 cm³/mol. The fourth-order valence-electron chi connectivity index (χ4n) is 4.31. The van der Waals surface area contributed by atoms with E-state index in [1.54, 1.807) is 7.11 Å². The van der Waals surface area contributed by atoms with Crippen LogP contribution in [0.25, 0.3) is 33.4 Å². The lowest BCUT2D eigenvalue weighted by atomic mass is 10.0. The second-order valence-corrected chi connectivity index (χ2v) is 9.39. The fraction of sp³-hybridized carbons (Fsp3) is 0.300. The molecule has 3 aromatic carbocycles. The van der Waals surface area contributed by atoms with Gasteiger partial charge in [0.25, 0.3) is 5.56 Å². The highest BCUT2D eigenvalue weighted by molar-refractivity contribution is 5.86. The molecular weight excluding hydrogens is 464 g/mol. The van der Waals surface area contributed by atoms with Gasteiger partial charge in [0, 0.05) is 18.2 Å². The Labute approximate surface area is 217 Å². The molecule has 0 atom stereocenters. The van der Waals surface area contributed by atoms with Crippen LogP contribution in [0.15, 0.2) is 71.5 Å². The lowest BCUT2D eigenvalue weighted by Gasteiger charge is -2.16. The zero-order chi connectivity index (χ0) is 26.4. The Balaban J connectivity index is 1.82. The first-order valence-electron chi connectivity index (χ1n) is 12.7. The van der Waals surface area contributed by atoms with E-state index in [0.717, 1.165) is 30.6 Å². The Morgan fingerprint density at radius 1 is 1.00 bits per heavy atom. The third kappa shape index (κ3) is 6.24. The third-order valence-electron chi connectivity index (χ3n) is 6.05. The molecule has 2 N–H and O–H groups in total. The van der Waals surface area contributed by atoms with Gasteiger partial charge in [-0.3, -0.25) is 14.2 Å². The number of amides is 1. The average Bonchev–Trinajstić information content (AvgIpc) is 2.90. The molecule has 0 spiro atoms. The van der Waals surface area contributed by atoms with Crippen LogP contribution in [0, 0.1) is 0 Å². The topological polar surface area (TPSA) is 85.2 Å². The number of aromatic nitrogens is 2. The Bertz CT molecular complexity index is 1460. The third-order valence-corrected chi connectivity index (χ3v) is 6.05. The van der Waals surface area contributed by atoms with Crippen molar-refractivity contribution in [3.8, 4) is 28.3 Å². The van der Waals surface area contributed by atoms with Crippen molar-refractivity contribution < 1.29 is 9.53 Å². The molecular formula is C30H34N4O3. The van der Waals surface area contributed by atoms with Crippen molar-refractivity contribution in [2.45, 2.75) is 46.3 Å². The van der Waals surface area contributed by atoms with E-state index in [9.17, 15) is 9.59 Å². The summed E-state index contributed by atoms with van der Waals surface area (Å²) in [5.74, 6) is 0.826. The van der Waals surface area contributed by atoms with Gasteiger partial charge < -0.3 is 15.4 Å². The molecule has 0 aliphatic carbocycles. The van der Waals surface area contributed by atoms with Gasteiger partial charge in [-0.05, 0) is 73.8 Å². The number of nitrogens with one attached hydrogen (secondary N) is 2. The summed E-state index contributed by atoms with van der Waals surface area (Å²) in [4.78, 5) is 31.4. The van der Waals surface area contributed by atoms with Gasteiger partial charge in [-0.1, -0.05) is 43.3 Å². The molecule has 0 aliphatic heterocycles. The van der Waals surface area contributed by atoms with E-state index in [4.69, 9.17) is 9.72 Å². The Hall–Kier alpha value is -3.97. The summed E-state index contributed by atoms with van der Waals surface area (Å²) in [5, 5.41) is 6.77. The van der Waals surface area contributed by atoms with E-state index in [2.05, 4.69) is 29.7 Å². The lowest BCUT2D eigenvalue weighted by molar-refractivity contribution is -0.122. The van der Waals surface area contributed by atoms with E-state index in [-0.39, 0.29) is 24.1 Å². The maximum atomic E-state index is 13.8. The molecule has 0 bridgehead atoms. The number of benzene rings is 3. The van der Waals surface area contributed by atoms with Crippen LogP contribution < -0.4 is 20.9 Å². The molecule has 0 fully saturated rings. The standard InChI is InChI=1S/C30H34N4O3/c1-5-14-31-18-21-8-6-9-22(15-21)23-12-13-27-26(17-23)30(36)34(19-28(35)32-20(2)3)29(33-27)24-10-7-11-25(16-24)37-4/h6-13,15-17,20,31H,5,14,18-19H2,1-4H3,(H,32,35). The number of carbonyl (C=O) groups excluding carboxylic acids is 1. The minimum atomic E-state index is -0.260. The highest BCUT2D eigenvalue weighted by Gasteiger charge is 2.17. The quantitative estimate of drug-likeness (QED) is 0.308. The molecule has 1 heterocycles. The molecule has 4 rings (SSSR count). The highest BCUT2D eigenvalue weighted by Crippen LogP contribution is 2.26. The second-order valence-electron chi connectivity index (χ2n) is 9.39. The van der Waals surface area contributed by atoms with E-state index in [1.807, 2.05) is 68.4 Å². The van der Waals surface area contributed by atoms with Gasteiger partial charge >= 0.3 is 0 Å². The summed E-state index contributed by atoms with van der Waals surface area (Å²) in [6.45, 7) is 7.55. The largest absolute Gasteiger partial charge is 0.497 e. The summed E-state index contributed by atoms with van der Waals surface area (Å²) >= 11 is 0. The summed E-state index contributed by atoms with van der Waals surface area (Å²) in [5.41, 5.74) is 4.15. The van der Waals surface area contributed by atoms with Gasteiger partial charge in [-0.2, -0.15) is 0 Å². The summed E-state index contributed by atoms with van der Waals surface area (Å²) < 4.78 is 6.82. The van der Waals surface area contributed by atoms with E-state index in [1.165, 1.54) is 10.1 Å². The molecule has 1 amide bonds. The van der Waals surface area contributed by atoms with Crippen LogP contribution in [0.5, 0.6) is 5.75 Å². The number of hydrogen-bond donors (Lipinski definition) is 2. The summed E-state index contributed by atoms with van der Waals surface area (Å²) in [7, 11) is 1.59. The van der Waals surface area contributed by atoms with Crippen molar-refractivity contribution in [3.05, 3.63) is 82.6 Å². The summed E-state index contributed by atoms with van der Waals surface area (Å²) in [6.07, 6.45) is 1.08. The number of methoxy groups -OCH3 is 1. The van der Waals surface area contributed by atoms with Gasteiger partial charge in [-0.25, -0.2) is 4.98 Å². The van der Waals surface area contributed by atoms with Crippen molar-refractivity contribution in [3.63, 3.8) is 0 Å². The average molecular weight is 499 g/mol. The number of ether oxygens (including phenoxy) is 1. The maximum Gasteiger partial charge on any atom is 0.262 e. The van der Waals surface area contributed by atoms with Crippen LogP contribution in [0.3, 0.4) is 0 Å². The number of nitrogens with zero attached hydrogens (tertiary/aromatic N) is 2. The highest BCUT2D eigenvalue weighted by atomic mass is 16.5. The van der Waals surface area contributed by atoms with Crippen LogP contribution in [0.1, 0.15) is 32.8 Å². The molecule has 0 unspecified atom stereocenters. The van der Waals surface area contributed by atoms with Crippen molar-refractivity contribution in [1.82, 2.24) is 20.2 Å². The number of carbonyl (C=O) groups is 1. The lowest BCUT2D eigenvalue weighted by Crippen LogP contribution is -2.37. The van der Waals surface area contributed by atoms with Crippen molar-refractivity contribution in [2.24, 2.45) is 0 Å². The molecule has 4 aromatic rings. The van der Waals surface area contributed by atoms with Gasteiger partial charge in [0.05, 0.1) is 18.0 Å². The minimum Gasteiger partial charge on any atom is -0.497 e. The van der Waals surface area contributed by atoms with Gasteiger partial charge in [0.2, 0.25) is 5.91 Å². The maximum absolute atomic E-state index is 13.8. The van der Waals surface area contributed by atoms with Crippen LogP contribution in [0.4, 0.5) is 0 Å². The van der Waals surface area contributed by atoms with Crippen LogP contribution in [0.2, 0.25) is 0 Å². The van der Waals surface area contributed by atoms with E-state index in [0.29, 0.717) is 28.0 Å². The fourth-order valence-corrected chi connectivity index (χ4v) is 4.31. The predicted octanol–water partition coefficient (Wildman–Crippen LogP) is 4.76. The van der Waals surface area contributed by atoms with Crippen molar-refractivity contribution in [2.75, 3.05) is 13.7 Å². The van der Waals surface area contributed by atoms with Gasteiger partial charge in [0.15, 0.2) is 0 Å².